The lowest BCUT2D eigenvalue weighted by Gasteiger charge is -2.26. The van der Waals surface area contributed by atoms with Crippen LogP contribution in [0.15, 0.2) is 0 Å². The fraction of sp³-hybridized carbons (Fsp3) is 1.00. The van der Waals surface area contributed by atoms with E-state index in [2.05, 4.69) is 5.32 Å². The summed E-state index contributed by atoms with van der Waals surface area (Å²) in [5.74, 6) is 0. The van der Waals surface area contributed by atoms with Crippen LogP contribution in [0.1, 0.15) is 20.3 Å². The molecule has 1 unspecified atom stereocenters. The summed E-state index contributed by atoms with van der Waals surface area (Å²) in [6, 6.07) is 0. The molecule has 0 rings (SSSR count). The van der Waals surface area contributed by atoms with Crippen molar-refractivity contribution in [1.29, 1.82) is 0 Å². The van der Waals surface area contributed by atoms with Gasteiger partial charge >= 0.3 is 0 Å². The third-order valence-corrected chi connectivity index (χ3v) is 1.79. The molecule has 1 atom stereocenters. The van der Waals surface area contributed by atoms with Crippen molar-refractivity contribution in [3.8, 4) is 0 Å². The highest BCUT2D eigenvalue weighted by molar-refractivity contribution is 4.81. The second-order valence-electron chi connectivity index (χ2n) is 2.32. The van der Waals surface area contributed by atoms with E-state index in [9.17, 15) is 8.78 Å². The maximum absolute atomic E-state index is 12.0. The lowest BCUT2D eigenvalue weighted by atomic mass is 10.0. The van der Waals surface area contributed by atoms with Crippen LogP contribution in [0.25, 0.3) is 0 Å². The molecule has 0 aliphatic carbocycles. The largest absolute Gasteiger partial charge is 0.310 e. The molecular formula is C6H13F2N. The molecule has 1 nitrogen and oxygen atoms in total. The van der Waals surface area contributed by atoms with Gasteiger partial charge in [-0.15, -0.1) is 0 Å². The van der Waals surface area contributed by atoms with Crippen molar-refractivity contribution in [2.75, 3.05) is 7.05 Å². The number of halogens is 2. The maximum atomic E-state index is 12.0. The third-order valence-electron chi connectivity index (χ3n) is 1.79. The monoisotopic (exact) mass is 137 g/mol. The van der Waals surface area contributed by atoms with E-state index in [1.165, 1.54) is 6.92 Å². The molecule has 0 saturated heterocycles. The van der Waals surface area contributed by atoms with Crippen LogP contribution in [0.3, 0.4) is 0 Å². The molecule has 3 heteroatoms. The predicted molar refractivity (Wildman–Crippen MR) is 33.8 cm³/mol. The van der Waals surface area contributed by atoms with Crippen LogP contribution in [-0.2, 0) is 0 Å². The first kappa shape index (κ1) is 8.82. The smallest absolute Gasteiger partial charge is 0.256 e. The summed E-state index contributed by atoms with van der Waals surface area (Å²) in [6.45, 7) is 3.25. The molecule has 0 aromatic heterocycles. The zero-order valence-corrected chi connectivity index (χ0v) is 6.04. The first-order valence-electron chi connectivity index (χ1n) is 3.04. The maximum Gasteiger partial charge on any atom is 0.256 e. The van der Waals surface area contributed by atoms with Crippen molar-refractivity contribution in [3.05, 3.63) is 0 Å². The fourth-order valence-electron chi connectivity index (χ4n) is 0.440. The van der Waals surface area contributed by atoms with Crippen molar-refractivity contribution in [2.45, 2.75) is 32.2 Å². The van der Waals surface area contributed by atoms with Crippen LogP contribution in [0, 0.1) is 0 Å². The Bertz CT molecular complexity index is 79.1. The SMILES string of the molecule is CCC(C)(NC)C(F)F. The Labute approximate surface area is 54.4 Å². The highest BCUT2D eigenvalue weighted by Gasteiger charge is 2.30. The summed E-state index contributed by atoms with van der Waals surface area (Å²) in [6.07, 6.45) is -1.84. The number of hydrogen-bond donors (Lipinski definition) is 1. The van der Waals surface area contributed by atoms with E-state index in [1.54, 1.807) is 14.0 Å². The Morgan fingerprint density at radius 3 is 2.00 bits per heavy atom. The number of hydrogen-bond acceptors (Lipinski definition) is 1. The number of rotatable bonds is 3. The van der Waals surface area contributed by atoms with Gasteiger partial charge < -0.3 is 5.32 Å². The van der Waals surface area contributed by atoms with Gasteiger partial charge in [-0.2, -0.15) is 0 Å². The molecule has 0 aliphatic rings. The van der Waals surface area contributed by atoms with Gasteiger partial charge in [0.15, 0.2) is 0 Å². The Morgan fingerprint density at radius 1 is 1.56 bits per heavy atom. The van der Waals surface area contributed by atoms with Gasteiger partial charge in [0.25, 0.3) is 6.43 Å². The molecule has 0 aromatic rings. The molecule has 0 bridgehead atoms. The molecule has 0 spiro atoms. The summed E-state index contributed by atoms with van der Waals surface area (Å²) < 4.78 is 24.0. The van der Waals surface area contributed by atoms with E-state index in [4.69, 9.17) is 0 Å². The Hall–Kier alpha value is -0.180. The highest BCUT2D eigenvalue weighted by Crippen LogP contribution is 2.17. The number of alkyl halides is 2. The minimum Gasteiger partial charge on any atom is -0.310 e. The molecule has 56 valence electrons. The van der Waals surface area contributed by atoms with Crippen LogP contribution in [-0.4, -0.2) is 19.0 Å². The van der Waals surface area contributed by atoms with E-state index >= 15 is 0 Å². The van der Waals surface area contributed by atoms with E-state index in [-0.39, 0.29) is 0 Å². The lowest BCUT2D eigenvalue weighted by Crippen LogP contribution is -2.45. The minimum atomic E-state index is -2.28. The topological polar surface area (TPSA) is 12.0 Å². The van der Waals surface area contributed by atoms with Gasteiger partial charge in [-0.05, 0) is 20.4 Å². The first-order valence-corrected chi connectivity index (χ1v) is 3.04. The first-order chi connectivity index (χ1) is 4.06. The summed E-state index contributed by atoms with van der Waals surface area (Å²) >= 11 is 0. The van der Waals surface area contributed by atoms with E-state index in [1.807, 2.05) is 0 Å². The summed E-state index contributed by atoms with van der Waals surface area (Å²) in [5.41, 5.74) is -1.00. The molecule has 0 amide bonds. The summed E-state index contributed by atoms with van der Waals surface area (Å²) in [5, 5.41) is 2.58. The van der Waals surface area contributed by atoms with Crippen molar-refractivity contribution in [2.24, 2.45) is 0 Å². The Morgan fingerprint density at radius 2 is 2.00 bits per heavy atom. The van der Waals surface area contributed by atoms with Crippen LogP contribution in [0.2, 0.25) is 0 Å². The quantitative estimate of drug-likeness (QED) is 0.623. The molecule has 0 heterocycles. The van der Waals surface area contributed by atoms with Crippen molar-refractivity contribution >= 4 is 0 Å². The highest BCUT2D eigenvalue weighted by atomic mass is 19.3. The Balaban J connectivity index is 3.92. The van der Waals surface area contributed by atoms with Crippen LogP contribution >= 0.6 is 0 Å². The average molecular weight is 137 g/mol. The van der Waals surface area contributed by atoms with Crippen LogP contribution in [0.5, 0.6) is 0 Å². The van der Waals surface area contributed by atoms with Crippen LogP contribution in [0.4, 0.5) is 8.78 Å². The van der Waals surface area contributed by atoms with E-state index in [0.717, 1.165) is 0 Å². The van der Waals surface area contributed by atoms with Crippen molar-refractivity contribution in [1.82, 2.24) is 5.32 Å². The van der Waals surface area contributed by atoms with Gasteiger partial charge in [0.1, 0.15) is 0 Å². The molecule has 9 heavy (non-hydrogen) atoms. The van der Waals surface area contributed by atoms with E-state index in [0.29, 0.717) is 6.42 Å². The molecule has 0 fully saturated rings. The second kappa shape index (κ2) is 3.11. The number of nitrogens with one attached hydrogen (secondary N) is 1. The molecular weight excluding hydrogens is 124 g/mol. The van der Waals surface area contributed by atoms with Gasteiger partial charge in [-0.1, -0.05) is 6.92 Å². The summed E-state index contributed by atoms with van der Waals surface area (Å²) in [7, 11) is 1.55. The third kappa shape index (κ3) is 1.90. The van der Waals surface area contributed by atoms with Crippen LogP contribution < -0.4 is 5.32 Å². The fourth-order valence-corrected chi connectivity index (χ4v) is 0.440. The average Bonchev–Trinajstić information content (AvgIpc) is 1.86. The van der Waals surface area contributed by atoms with Gasteiger partial charge in [-0.3, -0.25) is 0 Å². The van der Waals surface area contributed by atoms with Gasteiger partial charge in [-0.25, -0.2) is 8.78 Å². The normalized spacial score (nSPS) is 18.0. The molecule has 0 aliphatic heterocycles. The van der Waals surface area contributed by atoms with Crippen molar-refractivity contribution in [3.63, 3.8) is 0 Å². The second-order valence-corrected chi connectivity index (χ2v) is 2.32. The molecule has 0 aromatic carbocycles. The van der Waals surface area contributed by atoms with Gasteiger partial charge in [0.05, 0.1) is 5.54 Å². The standard InChI is InChI=1S/C6H13F2N/c1-4-6(2,9-3)5(7)8/h5,9H,4H2,1-3H3. The Kier molecular flexibility index (Phi) is 3.04. The molecule has 0 saturated carbocycles. The lowest BCUT2D eigenvalue weighted by molar-refractivity contribution is 0.0428. The van der Waals surface area contributed by atoms with Crippen molar-refractivity contribution < 1.29 is 8.78 Å². The van der Waals surface area contributed by atoms with E-state index < -0.39 is 12.0 Å². The molecule has 0 radical (unpaired) electrons. The summed E-state index contributed by atoms with van der Waals surface area (Å²) in [4.78, 5) is 0. The molecule has 1 N–H and O–H groups in total. The zero-order chi connectivity index (χ0) is 7.49. The minimum absolute atomic E-state index is 0.446. The zero-order valence-electron chi connectivity index (χ0n) is 6.04. The predicted octanol–water partition coefficient (Wildman–Crippen LogP) is 1.64. The van der Waals surface area contributed by atoms with Gasteiger partial charge in [0, 0.05) is 0 Å². The van der Waals surface area contributed by atoms with Gasteiger partial charge in [0.2, 0.25) is 0 Å².